The van der Waals surface area contributed by atoms with Gasteiger partial charge in [-0.2, -0.15) is 0 Å². The van der Waals surface area contributed by atoms with E-state index in [1.54, 1.807) is 4.90 Å². The Morgan fingerprint density at radius 2 is 1.48 bits per heavy atom. The molecule has 0 unspecified atom stereocenters. The largest absolute Gasteiger partial charge is 0.271 e. The molecule has 0 N–H and O–H groups in total. The molecule has 5 heteroatoms. The smallest absolute Gasteiger partial charge is 0.268 e. The third-order valence-electron chi connectivity index (χ3n) is 6.34. The molecule has 2 aromatic rings. The summed E-state index contributed by atoms with van der Waals surface area (Å²) in [5.74, 6) is -0.293. The summed E-state index contributed by atoms with van der Waals surface area (Å²) in [4.78, 5) is 30.3. The highest BCUT2D eigenvalue weighted by molar-refractivity contribution is 8.04. The standard InChI is InChI=1S/C26H28ClNO2S/c1-17-10-11-19(16-18(17)2)23-24(31-22-14-12-20(27)13-15-22)26(30)28(25(23)29)21-8-6-4-3-5-7-9-21/h10-16,21H,3-9H2,1-2H3. The van der Waals surface area contributed by atoms with Crippen LogP contribution in [-0.4, -0.2) is 22.8 Å². The van der Waals surface area contributed by atoms with Gasteiger partial charge in [0.25, 0.3) is 11.8 Å². The Balaban J connectivity index is 1.74. The van der Waals surface area contributed by atoms with Gasteiger partial charge in [-0.1, -0.05) is 73.7 Å². The first-order valence-corrected chi connectivity index (χ1v) is 12.3. The van der Waals surface area contributed by atoms with E-state index in [2.05, 4.69) is 6.92 Å². The second-order valence-corrected chi connectivity index (χ2v) is 10.1. The molecule has 0 saturated heterocycles. The van der Waals surface area contributed by atoms with Crippen LogP contribution in [0.15, 0.2) is 52.3 Å². The van der Waals surface area contributed by atoms with Crippen LogP contribution in [0.25, 0.3) is 5.57 Å². The van der Waals surface area contributed by atoms with E-state index in [-0.39, 0.29) is 17.9 Å². The molecule has 4 rings (SSSR count). The Morgan fingerprint density at radius 1 is 0.839 bits per heavy atom. The normalized spacial score (nSPS) is 18.5. The number of imide groups is 1. The van der Waals surface area contributed by atoms with Gasteiger partial charge in [0.1, 0.15) is 0 Å². The summed E-state index contributed by atoms with van der Waals surface area (Å²) in [7, 11) is 0. The molecule has 0 radical (unpaired) electrons. The minimum absolute atomic E-state index is 0.00911. The summed E-state index contributed by atoms with van der Waals surface area (Å²) >= 11 is 7.41. The molecule has 2 aromatic carbocycles. The summed E-state index contributed by atoms with van der Waals surface area (Å²) < 4.78 is 0. The summed E-state index contributed by atoms with van der Waals surface area (Å²) in [5, 5.41) is 0.651. The van der Waals surface area contributed by atoms with Crippen LogP contribution in [0.1, 0.15) is 61.6 Å². The van der Waals surface area contributed by atoms with Crippen molar-refractivity contribution in [2.24, 2.45) is 0 Å². The Bertz CT molecular complexity index is 1020. The van der Waals surface area contributed by atoms with Crippen LogP contribution in [0.5, 0.6) is 0 Å². The van der Waals surface area contributed by atoms with Gasteiger partial charge >= 0.3 is 0 Å². The number of benzene rings is 2. The van der Waals surface area contributed by atoms with Gasteiger partial charge in [0.05, 0.1) is 10.5 Å². The second kappa shape index (κ2) is 9.62. The zero-order valence-electron chi connectivity index (χ0n) is 18.1. The SMILES string of the molecule is Cc1ccc(C2=C(Sc3ccc(Cl)cc3)C(=O)N(C3CCCCCCC3)C2=O)cc1C. The molecule has 1 fully saturated rings. The Kier molecular flexibility index (Phi) is 6.88. The predicted molar refractivity (Wildman–Crippen MR) is 128 cm³/mol. The van der Waals surface area contributed by atoms with Gasteiger partial charge in [0, 0.05) is 16.0 Å². The van der Waals surface area contributed by atoms with Crippen LogP contribution in [0.4, 0.5) is 0 Å². The van der Waals surface area contributed by atoms with E-state index in [1.807, 2.05) is 49.4 Å². The summed E-state index contributed by atoms with van der Waals surface area (Å²) in [5.41, 5.74) is 3.65. The molecule has 0 bridgehead atoms. The first-order chi connectivity index (χ1) is 15.0. The highest BCUT2D eigenvalue weighted by atomic mass is 35.5. The predicted octanol–water partition coefficient (Wildman–Crippen LogP) is 6.94. The topological polar surface area (TPSA) is 37.4 Å². The van der Waals surface area contributed by atoms with Crippen LogP contribution in [0.3, 0.4) is 0 Å². The van der Waals surface area contributed by atoms with E-state index >= 15 is 0 Å². The number of aryl methyl sites for hydroxylation is 2. The second-order valence-electron chi connectivity index (χ2n) is 8.54. The average molecular weight is 454 g/mol. The lowest BCUT2D eigenvalue weighted by molar-refractivity contribution is -0.139. The van der Waals surface area contributed by atoms with Crippen molar-refractivity contribution >= 4 is 40.8 Å². The monoisotopic (exact) mass is 453 g/mol. The van der Waals surface area contributed by atoms with Crippen molar-refractivity contribution in [3.8, 4) is 0 Å². The first kappa shape index (κ1) is 22.2. The van der Waals surface area contributed by atoms with Crippen LogP contribution in [0.2, 0.25) is 5.02 Å². The molecule has 1 heterocycles. The van der Waals surface area contributed by atoms with Crippen LogP contribution in [0, 0.1) is 13.8 Å². The summed E-state index contributed by atoms with van der Waals surface area (Å²) in [6.07, 6.45) is 7.54. The maximum absolute atomic E-state index is 13.7. The number of carbonyl (C=O) groups is 2. The Morgan fingerprint density at radius 3 is 2.13 bits per heavy atom. The van der Waals surface area contributed by atoms with Gasteiger partial charge in [0.15, 0.2) is 0 Å². The number of thioether (sulfide) groups is 1. The molecule has 31 heavy (non-hydrogen) atoms. The van der Waals surface area contributed by atoms with E-state index in [1.165, 1.54) is 36.6 Å². The minimum atomic E-state index is -0.149. The molecule has 2 amide bonds. The average Bonchev–Trinajstić information content (AvgIpc) is 2.96. The molecular formula is C26H28ClNO2S. The van der Waals surface area contributed by atoms with E-state index in [4.69, 9.17) is 11.6 Å². The van der Waals surface area contributed by atoms with Crippen LogP contribution in [-0.2, 0) is 9.59 Å². The van der Waals surface area contributed by atoms with Gasteiger partial charge < -0.3 is 0 Å². The molecule has 3 nitrogen and oxygen atoms in total. The molecule has 1 aliphatic heterocycles. The lowest BCUT2D eigenvalue weighted by atomic mass is 9.95. The number of rotatable bonds is 4. The number of hydrogen-bond acceptors (Lipinski definition) is 3. The number of hydrogen-bond donors (Lipinski definition) is 0. The fourth-order valence-corrected chi connectivity index (χ4v) is 5.54. The summed E-state index contributed by atoms with van der Waals surface area (Å²) in [6, 6.07) is 13.4. The van der Waals surface area contributed by atoms with Crippen molar-refractivity contribution in [2.75, 3.05) is 0 Å². The lowest BCUT2D eigenvalue weighted by Gasteiger charge is -2.28. The first-order valence-electron chi connectivity index (χ1n) is 11.1. The zero-order valence-corrected chi connectivity index (χ0v) is 19.7. The molecule has 2 aliphatic rings. The van der Waals surface area contributed by atoms with Gasteiger partial charge in [-0.3, -0.25) is 14.5 Å². The number of nitrogens with zero attached hydrogens (tertiary/aromatic N) is 1. The van der Waals surface area contributed by atoms with Crippen LogP contribution >= 0.6 is 23.4 Å². The summed E-state index contributed by atoms with van der Waals surface area (Å²) in [6.45, 7) is 4.10. The molecule has 0 atom stereocenters. The third kappa shape index (κ3) is 4.75. The molecule has 0 aromatic heterocycles. The molecule has 1 saturated carbocycles. The van der Waals surface area contributed by atoms with Crippen molar-refractivity contribution in [1.82, 2.24) is 4.90 Å². The van der Waals surface area contributed by atoms with Gasteiger partial charge in [-0.05, 0) is 67.6 Å². The molecule has 0 spiro atoms. The van der Waals surface area contributed by atoms with E-state index in [9.17, 15) is 9.59 Å². The number of halogens is 1. The molecule has 162 valence electrons. The molecule has 1 aliphatic carbocycles. The van der Waals surface area contributed by atoms with Gasteiger partial charge in [-0.25, -0.2) is 0 Å². The van der Waals surface area contributed by atoms with Crippen molar-refractivity contribution < 1.29 is 9.59 Å². The number of amides is 2. The number of carbonyl (C=O) groups excluding carboxylic acids is 2. The van der Waals surface area contributed by atoms with E-state index in [0.29, 0.717) is 15.5 Å². The zero-order chi connectivity index (χ0) is 22.0. The maximum Gasteiger partial charge on any atom is 0.268 e. The third-order valence-corrected chi connectivity index (χ3v) is 7.68. The van der Waals surface area contributed by atoms with Crippen molar-refractivity contribution in [1.29, 1.82) is 0 Å². The van der Waals surface area contributed by atoms with Gasteiger partial charge in [-0.15, -0.1) is 0 Å². The van der Waals surface area contributed by atoms with Gasteiger partial charge in [0.2, 0.25) is 0 Å². The Labute approximate surface area is 193 Å². The quantitative estimate of drug-likeness (QED) is 0.470. The van der Waals surface area contributed by atoms with E-state index in [0.717, 1.165) is 41.7 Å². The fourth-order valence-electron chi connectivity index (χ4n) is 4.42. The Hall–Kier alpha value is -2.04. The van der Waals surface area contributed by atoms with Crippen molar-refractivity contribution in [3.05, 3.63) is 69.1 Å². The van der Waals surface area contributed by atoms with Crippen molar-refractivity contribution in [2.45, 2.75) is 69.7 Å². The van der Waals surface area contributed by atoms with Crippen LogP contribution < -0.4 is 0 Å². The highest BCUT2D eigenvalue weighted by Gasteiger charge is 2.42. The maximum atomic E-state index is 13.7. The van der Waals surface area contributed by atoms with E-state index < -0.39 is 0 Å². The lowest BCUT2D eigenvalue weighted by Crippen LogP contribution is -2.41. The fraction of sp³-hybridized carbons (Fsp3) is 0.385. The highest BCUT2D eigenvalue weighted by Crippen LogP contribution is 2.42. The van der Waals surface area contributed by atoms with Crippen molar-refractivity contribution in [3.63, 3.8) is 0 Å². The minimum Gasteiger partial charge on any atom is -0.271 e. The molecular weight excluding hydrogens is 426 g/mol.